The topological polar surface area (TPSA) is 118 Å². The summed E-state index contributed by atoms with van der Waals surface area (Å²) in [5, 5.41) is 13.3. The van der Waals surface area contributed by atoms with Gasteiger partial charge in [-0.05, 0) is 75.8 Å². The van der Waals surface area contributed by atoms with Gasteiger partial charge in [0.1, 0.15) is 11.8 Å². The Morgan fingerprint density at radius 1 is 1.26 bits per heavy atom. The van der Waals surface area contributed by atoms with Crippen molar-refractivity contribution in [3.05, 3.63) is 53.1 Å². The monoisotopic (exact) mass is 494 g/mol. The zero-order chi connectivity index (χ0) is 25.2. The summed E-state index contributed by atoms with van der Waals surface area (Å²) in [5.41, 5.74) is 3.82. The van der Waals surface area contributed by atoms with Gasteiger partial charge in [0.05, 0.1) is 16.9 Å². The predicted octanol–water partition coefficient (Wildman–Crippen LogP) is 5.16. The summed E-state index contributed by atoms with van der Waals surface area (Å²) in [4.78, 5) is 4.60. The third-order valence-electron chi connectivity index (χ3n) is 6.29. The molecule has 9 heteroatoms. The third-order valence-corrected chi connectivity index (χ3v) is 8.30. The number of sulfonamides is 1. The lowest BCUT2D eigenvalue weighted by Gasteiger charge is -2.28. The van der Waals surface area contributed by atoms with Gasteiger partial charge in [-0.1, -0.05) is 30.3 Å². The average Bonchev–Trinajstić information content (AvgIpc) is 3.33. The van der Waals surface area contributed by atoms with Crippen LogP contribution in [0.5, 0.6) is 5.75 Å². The SMILES string of the molecule is CCC(C)S(=O)(=O)N[C@@H]1CCCc2c(-c3noc(-c4ccc(OC(C)C)c(C#N)c4)n3)cccc21. The van der Waals surface area contributed by atoms with Crippen molar-refractivity contribution in [1.29, 1.82) is 5.26 Å². The highest BCUT2D eigenvalue weighted by molar-refractivity contribution is 7.90. The Morgan fingerprint density at radius 3 is 2.77 bits per heavy atom. The van der Waals surface area contributed by atoms with E-state index in [1.165, 1.54) is 0 Å². The van der Waals surface area contributed by atoms with Crippen molar-refractivity contribution in [2.24, 2.45) is 0 Å². The van der Waals surface area contributed by atoms with Crippen molar-refractivity contribution in [1.82, 2.24) is 14.9 Å². The number of aromatic nitrogens is 2. The molecule has 0 saturated heterocycles. The minimum Gasteiger partial charge on any atom is -0.490 e. The number of nitriles is 1. The van der Waals surface area contributed by atoms with Gasteiger partial charge < -0.3 is 9.26 Å². The van der Waals surface area contributed by atoms with Crippen LogP contribution in [-0.4, -0.2) is 29.9 Å². The minimum absolute atomic E-state index is 0.0503. The second-order valence-electron chi connectivity index (χ2n) is 9.11. The molecule has 0 fully saturated rings. The second kappa shape index (κ2) is 10.2. The standard InChI is InChI=1S/C26H30N4O4S/c1-5-17(4)35(31,32)30-23-11-7-8-20-21(23)9-6-10-22(20)25-28-26(34-29-25)18-12-13-24(33-16(2)3)19(14-18)15-27/h6,9-10,12-14,16-17,23,30H,5,7-8,11H2,1-4H3/t17?,23-/m1/s1. The Morgan fingerprint density at radius 2 is 2.06 bits per heavy atom. The fraction of sp³-hybridized carbons (Fsp3) is 0.423. The van der Waals surface area contributed by atoms with Crippen molar-refractivity contribution in [3.63, 3.8) is 0 Å². The van der Waals surface area contributed by atoms with E-state index in [1.54, 1.807) is 25.1 Å². The molecule has 0 amide bonds. The van der Waals surface area contributed by atoms with Crippen molar-refractivity contribution >= 4 is 10.0 Å². The number of hydrogen-bond acceptors (Lipinski definition) is 7. The summed E-state index contributed by atoms with van der Waals surface area (Å²) < 4.78 is 39.6. The van der Waals surface area contributed by atoms with Crippen molar-refractivity contribution in [2.45, 2.75) is 70.8 Å². The predicted molar refractivity (Wildman–Crippen MR) is 133 cm³/mol. The first-order valence-electron chi connectivity index (χ1n) is 11.9. The smallest absolute Gasteiger partial charge is 0.258 e. The Hall–Kier alpha value is -3.22. The molecule has 2 aromatic carbocycles. The Labute approximate surface area is 206 Å². The summed E-state index contributed by atoms with van der Waals surface area (Å²) in [6.07, 6.45) is 2.90. The molecule has 184 valence electrons. The van der Waals surface area contributed by atoms with Crippen LogP contribution in [0.25, 0.3) is 22.8 Å². The van der Waals surface area contributed by atoms with Gasteiger partial charge in [0.2, 0.25) is 15.8 Å². The van der Waals surface area contributed by atoms with E-state index in [0.717, 1.165) is 36.0 Å². The van der Waals surface area contributed by atoms with Gasteiger partial charge in [-0.2, -0.15) is 10.2 Å². The van der Waals surface area contributed by atoms with E-state index in [4.69, 9.17) is 9.26 Å². The molecule has 4 rings (SSSR count). The first-order chi connectivity index (χ1) is 16.7. The van der Waals surface area contributed by atoms with Gasteiger partial charge in [-0.25, -0.2) is 13.1 Å². The van der Waals surface area contributed by atoms with E-state index in [2.05, 4.69) is 20.9 Å². The first kappa shape index (κ1) is 24.9. The molecular formula is C26H30N4O4S. The summed E-state index contributed by atoms with van der Waals surface area (Å²) >= 11 is 0. The molecule has 0 bridgehead atoms. The number of fused-ring (bicyclic) bond motifs is 1. The molecule has 1 heterocycles. The normalized spacial score (nSPS) is 16.5. The fourth-order valence-corrected chi connectivity index (χ4v) is 5.58. The molecule has 1 N–H and O–H groups in total. The van der Waals surface area contributed by atoms with E-state index < -0.39 is 15.3 Å². The van der Waals surface area contributed by atoms with Crippen LogP contribution in [0.15, 0.2) is 40.9 Å². The van der Waals surface area contributed by atoms with Gasteiger partial charge in [-0.3, -0.25) is 0 Å². The van der Waals surface area contributed by atoms with Crippen LogP contribution in [0.3, 0.4) is 0 Å². The fourth-order valence-electron chi connectivity index (χ4n) is 4.27. The number of hydrogen-bond donors (Lipinski definition) is 1. The number of ether oxygens (including phenoxy) is 1. The minimum atomic E-state index is -3.42. The highest BCUT2D eigenvalue weighted by atomic mass is 32.2. The molecule has 0 saturated carbocycles. The van der Waals surface area contributed by atoms with Crippen LogP contribution in [-0.2, 0) is 16.4 Å². The van der Waals surface area contributed by atoms with Crippen LogP contribution in [0, 0.1) is 11.3 Å². The number of nitrogens with zero attached hydrogens (tertiary/aromatic N) is 3. The lowest BCUT2D eigenvalue weighted by molar-refractivity contribution is 0.241. The van der Waals surface area contributed by atoms with Crippen molar-refractivity contribution < 1.29 is 17.7 Å². The zero-order valence-electron chi connectivity index (χ0n) is 20.4. The van der Waals surface area contributed by atoms with Crippen LogP contribution < -0.4 is 9.46 Å². The summed E-state index contributed by atoms with van der Waals surface area (Å²) in [7, 11) is -3.42. The average molecular weight is 495 g/mol. The quantitative estimate of drug-likeness (QED) is 0.459. The van der Waals surface area contributed by atoms with Gasteiger partial charge in [0, 0.05) is 17.2 Å². The van der Waals surface area contributed by atoms with E-state index in [0.29, 0.717) is 35.0 Å². The van der Waals surface area contributed by atoms with Crippen molar-refractivity contribution in [2.75, 3.05) is 0 Å². The molecule has 1 aromatic heterocycles. The molecule has 1 aliphatic carbocycles. The van der Waals surface area contributed by atoms with Crippen LogP contribution in [0.2, 0.25) is 0 Å². The molecule has 0 spiro atoms. The van der Waals surface area contributed by atoms with Crippen LogP contribution in [0.4, 0.5) is 0 Å². The lowest BCUT2D eigenvalue weighted by atomic mass is 9.85. The van der Waals surface area contributed by atoms with Crippen LogP contribution in [0.1, 0.15) is 69.7 Å². The maximum Gasteiger partial charge on any atom is 0.258 e. The van der Waals surface area contributed by atoms with Gasteiger partial charge in [-0.15, -0.1) is 0 Å². The van der Waals surface area contributed by atoms with Gasteiger partial charge in [0.15, 0.2) is 0 Å². The Balaban J connectivity index is 1.65. The highest BCUT2D eigenvalue weighted by Crippen LogP contribution is 2.37. The zero-order valence-corrected chi connectivity index (χ0v) is 21.2. The molecule has 1 aliphatic rings. The maximum absolute atomic E-state index is 12.7. The molecule has 0 radical (unpaired) electrons. The van der Waals surface area contributed by atoms with Gasteiger partial charge >= 0.3 is 0 Å². The molecule has 8 nitrogen and oxygen atoms in total. The third kappa shape index (κ3) is 5.24. The molecule has 2 atom stereocenters. The number of nitrogens with one attached hydrogen (secondary N) is 1. The van der Waals surface area contributed by atoms with E-state index in [1.807, 2.05) is 39.0 Å². The van der Waals surface area contributed by atoms with E-state index in [-0.39, 0.29) is 12.1 Å². The van der Waals surface area contributed by atoms with Crippen molar-refractivity contribution in [3.8, 4) is 34.7 Å². The Bertz CT molecular complexity index is 1360. The van der Waals surface area contributed by atoms with Crippen LogP contribution >= 0.6 is 0 Å². The molecule has 0 aliphatic heterocycles. The molecular weight excluding hydrogens is 464 g/mol. The number of rotatable bonds is 8. The summed E-state index contributed by atoms with van der Waals surface area (Å²) in [6, 6.07) is 12.9. The van der Waals surface area contributed by atoms with E-state index in [9.17, 15) is 13.7 Å². The maximum atomic E-state index is 12.7. The highest BCUT2D eigenvalue weighted by Gasteiger charge is 2.29. The van der Waals surface area contributed by atoms with E-state index >= 15 is 0 Å². The number of benzene rings is 2. The molecule has 35 heavy (non-hydrogen) atoms. The lowest BCUT2D eigenvalue weighted by Crippen LogP contribution is -2.36. The largest absolute Gasteiger partial charge is 0.490 e. The summed E-state index contributed by atoms with van der Waals surface area (Å²) in [5.74, 6) is 1.24. The Kier molecular flexibility index (Phi) is 7.24. The summed E-state index contributed by atoms with van der Waals surface area (Å²) in [6.45, 7) is 7.40. The first-order valence-corrected chi connectivity index (χ1v) is 13.5. The molecule has 3 aromatic rings. The second-order valence-corrected chi connectivity index (χ2v) is 11.2. The van der Waals surface area contributed by atoms with Gasteiger partial charge in [0.25, 0.3) is 5.89 Å². The molecule has 1 unspecified atom stereocenters.